The predicted octanol–water partition coefficient (Wildman–Crippen LogP) is 5.18. The molecule has 0 aliphatic rings. The standard InChI is InChI=1S/C19H20F3N3O3/c1-11(2)13-4-7-15(8-5-13)24-18(26)12(3)23-16-9-6-14(19(20,21)22)10-17(16)25(27)28/h4-12,23H,1-3H3,(H,24,26)/t12-/m0/s1. The summed E-state index contributed by atoms with van der Waals surface area (Å²) in [5.74, 6) is -0.142. The molecule has 2 N–H and O–H groups in total. The normalized spacial score (nSPS) is 12.5. The average Bonchev–Trinajstić information content (AvgIpc) is 2.61. The molecule has 150 valence electrons. The third-order valence-corrected chi connectivity index (χ3v) is 4.13. The van der Waals surface area contributed by atoms with Crippen LogP contribution in [0.4, 0.5) is 30.2 Å². The quantitative estimate of drug-likeness (QED) is 0.522. The molecule has 28 heavy (non-hydrogen) atoms. The summed E-state index contributed by atoms with van der Waals surface area (Å²) in [6, 6.07) is 8.42. The van der Waals surface area contributed by atoms with E-state index in [2.05, 4.69) is 10.6 Å². The van der Waals surface area contributed by atoms with Crippen LogP contribution in [0.3, 0.4) is 0 Å². The number of carbonyl (C=O) groups excluding carboxylic acids is 1. The maximum atomic E-state index is 12.8. The highest BCUT2D eigenvalue weighted by Crippen LogP contribution is 2.35. The Balaban J connectivity index is 2.13. The number of nitrogens with zero attached hydrogens (tertiary/aromatic N) is 1. The van der Waals surface area contributed by atoms with E-state index in [-0.39, 0.29) is 5.69 Å². The van der Waals surface area contributed by atoms with Crippen LogP contribution >= 0.6 is 0 Å². The van der Waals surface area contributed by atoms with Crippen LogP contribution in [0.5, 0.6) is 0 Å². The molecule has 0 saturated carbocycles. The number of hydrogen-bond donors (Lipinski definition) is 2. The van der Waals surface area contributed by atoms with Gasteiger partial charge in [-0.15, -0.1) is 0 Å². The fourth-order valence-corrected chi connectivity index (χ4v) is 2.48. The van der Waals surface area contributed by atoms with Gasteiger partial charge < -0.3 is 10.6 Å². The highest BCUT2D eigenvalue weighted by molar-refractivity contribution is 5.96. The molecule has 1 atom stereocenters. The predicted molar refractivity (Wildman–Crippen MR) is 100 cm³/mol. The summed E-state index contributed by atoms with van der Waals surface area (Å²) in [5.41, 5.74) is -0.409. The lowest BCUT2D eigenvalue weighted by Gasteiger charge is -2.16. The van der Waals surface area contributed by atoms with Gasteiger partial charge in [0.25, 0.3) is 5.69 Å². The summed E-state index contributed by atoms with van der Waals surface area (Å²) >= 11 is 0. The number of rotatable bonds is 6. The molecule has 0 bridgehead atoms. The van der Waals surface area contributed by atoms with Gasteiger partial charge in [-0.2, -0.15) is 13.2 Å². The Hall–Kier alpha value is -3.10. The lowest BCUT2D eigenvalue weighted by Crippen LogP contribution is -2.32. The van der Waals surface area contributed by atoms with Crippen molar-refractivity contribution in [3.63, 3.8) is 0 Å². The first-order valence-corrected chi connectivity index (χ1v) is 8.52. The second kappa shape index (κ2) is 8.28. The lowest BCUT2D eigenvalue weighted by atomic mass is 10.0. The minimum atomic E-state index is -4.70. The Morgan fingerprint density at radius 2 is 1.68 bits per heavy atom. The summed E-state index contributed by atoms with van der Waals surface area (Å²) in [7, 11) is 0. The highest BCUT2D eigenvalue weighted by atomic mass is 19.4. The lowest BCUT2D eigenvalue weighted by molar-refractivity contribution is -0.384. The van der Waals surface area contributed by atoms with E-state index in [1.807, 2.05) is 26.0 Å². The molecule has 0 unspecified atom stereocenters. The molecule has 0 aliphatic heterocycles. The number of hydrogen-bond acceptors (Lipinski definition) is 4. The first-order chi connectivity index (χ1) is 13.0. The molecule has 0 heterocycles. The van der Waals surface area contributed by atoms with Gasteiger partial charge in [-0.25, -0.2) is 0 Å². The van der Waals surface area contributed by atoms with E-state index < -0.39 is 34.3 Å². The van der Waals surface area contributed by atoms with Crippen molar-refractivity contribution < 1.29 is 22.9 Å². The van der Waals surface area contributed by atoms with E-state index in [1.54, 1.807) is 12.1 Å². The Morgan fingerprint density at radius 1 is 1.07 bits per heavy atom. The number of anilines is 2. The number of amides is 1. The molecule has 6 nitrogen and oxygen atoms in total. The van der Waals surface area contributed by atoms with Crippen LogP contribution in [0.25, 0.3) is 0 Å². The first kappa shape index (κ1) is 21.2. The maximum absolute atomic E-state index is 12.8. The van der Waals surface area contributed by atoms with E-state index in [0.717, 1.165) is 17.7 Å². The van der Waals surface area contributed by atoms with Crippen LogP contribution in [-0.2, 0) is 11.0 Å². The highest BCUT2D eigenvalue weighted by Gasteiger charge is 2.33. The van der Waals surface area contributed by atoms with Gasteiger partial charge in [0.2, 0.25) is 5.91 Å². The minimum absolute atomic E-state index is 0.171. The van der Waals surface area contributed by atoms with Crippen molar-refractivity contribution in [1.82, 2.24) is 0 Å². The van der Waals surface area contributed by atoms with Crippen LogP contribution in [0.15, 0.2) is 42.5 Å². The molecule has 2 rings (SSSR count). The number of carbonyl (C=O) groups is 1. The van der Waals surface area contributed by atoms with Crippen molar-refractivity contribution >= 4 is 23.0 Å². The summed E-state index contributed by atoms with van der Waals surface area (Å²) in [4.78, 5) is 22.5. The topological polar surface area (TPSA) is 84.3 Å². The molecule has 9 heteroatoms. The van der Waals surface area contributed by atoms with Crippen LogP contribution in [0.1, 0.15) is 37.8 Å². The number of alkyl halides is 3. The van der Waals surface area contributed by atoms with Crippen molar-refractivity contribution in [1.29, 1.82) is 0 Å². The van der Waals surface area contributed by atoms with Crippen LogP contribution in [-0.4, -0.2) is 16.9 Å². The molecule has 0 spiro atoms. The van der Waals surface area contributed by atoms with Gasteiger partial charge in [0.05, 0.1) is 10.5 Å². The smallest absolute Gasteiger partial charge is 0.368 e. The van der Waals surface area contributed by atoms with Crippen molar-refractivity contribution in [3.8, 4) is 0 Å². The van der Waals surface area contributed by atoms with Gasteiger partial charge in [0.1, 0.15) is 11.7 Å². The average molecular weight is 395 g/mol. The molecule has 0 aromatic heterocycles. The monoisotopic (exact) mass is 395 g/mol. The van der Waals surface area contributed by atoms with E-state index >= 15 is 0 Å². The van der Waals surface area contributed by atoms with Gasteiger partial charge >= 0.3 is 6.18 Å². The van der Waals surface area contributed by atoms with Crippen molar-refractivity contribution in [2.45, 2.75) is 38.9 Å². The minimum Gasteiger partial charge on any atom is -0.368 e. The Kier molecular flexibility index (Phi) is 6.27. The molecule has 1 amide bonds. The zero-order chi connectivity index (χ0) is 21.1. The maximum Gasteiger partial charge on any atom is 0.416 e. The Morgan fingerprint density at radius 3 is 2.18 bits per heavy atom. The van der Waals surface area contributed by atoms with E-state index in [1.165, 1.54) is 6.92 Å². The number of nitro groups is 1. The summed E-state index contributed by atoms with van der Waals surface area (Å²) in [6.45, 7) is 5.53. The Labute approximate surface area is 159 Å². The summed E-state index contributed by atoms with van der Waals surface area (Å²) in [5, 5.41) is 16.4. The third-order valence-electron chi connectivity index (χ3n) is 4.13. The van der Waals surface area contributed by atoms with Crippen LogP contribution in [0.2, 0.25) is 0 Å². The van der Waals surface area contributed by atoms with Gasteiger partial charge in [-0.3, -0.25) is 14.9 Å². The number of nitro benzene ring substituents is 1. The number of benzene rings is 2. The van der Waals surface area contributed by atoms with Gasteiger partial charge in [-0.1, -0.05) is 26.0 Å². The molecule has 0 saturated heterocycles. The molecule has 2 aromatic carbocycles. The van der Waals surface area contributed by atoms with E-state index in [9.17, 15) is 28.1 Å². The SMILES string of the molecule is CC(C)c1ccc(NC(=O)[C@H](C)Nc2ccc(C(F)(F)F)cc2[N+](=O)[O-])cc1. The van der Waals surface area contributed by atoms with Gasteiger partial charge in [0, 0.05) is 11.8 Å². The van der Waals surface area contributed by atoms with Crippen LogP contribution in [0, 0.1) is 10.1 Å². The van der Waals surface area contributed by atoms with Crippen molar-refractivity contribution in [2.75, 3.05) is 10.6 Å². The number of halogens is 3. The molecular formula is C19H20F3N3O3. The zero-order valence-electron chi connectivity index (χ0n) is 15.5. The molecular weight excluding hydrogens is 375 g/mol. The molecule has 2 aromatic rings. The first-order valence-electron chi connectivity index (χ1n) is 8.52. The van der Waals surface area contributed by atoms with Crippen molar-refractivity contribution in [3.05, 3.63) is 63.7 Å². The second-order valence-electron chi connectivity index (χ2n) is 6.62. The Bertz CT molecular complexity index is 865. The van der Waals surface area contributed by atoms with Crippen LogP contribution < -0.4 is 10.6 Å². The van der Waals surface area contributed by atoms with Gasteiger partial charge in [-0.05, 0) is 42.7 Å². The summed E-state index contributed by atoms with van der Waals surface area (Å²) in [6.07, 6.45) is -4.70. The molecule has 0 aliphatic carbocycles. The zero-order valence-corrected chi connectivity index (χ0v) is 15.5. The summed E-state index contributed by atoms with van der Waals surface area (Å²) < 4.78 is 38.3. The van der Waals surface area contributed by atoms with Gasteiger partial charge in [0.15, 0.2) is 0 Å². The molecule has 0 fully saturated rings. The van der Waals surface area contributed by atoms with E-state index in [4.69, 9.17) is 0 Å². The van der Waals surface area contributed by atoms with E-state index in [0.29, 0.717) is 17.7 Å². The fraction of sp³-hybridized carbons (Fsp3) is 0.316. The van der Waals surface area contributed by atoms with Crippen molar-refractivity contribution in [2.24, 2.45) is 0 Å². The molecule has 0 radical (unpaired) electrons. The third kappa shape index (κ3) is 5.21. The second-order valence-corrected chi connectivity index (χ2v) is 6.62. The largest absolute Gasteiger partial charge is 0.416 e. The number of nitrogens with one attached hydrogen (secondary N) is 2. The fourth-order valence-electron chi connectivity index (χ4n) is 2.48.